The zero-order valence-corrected chi connectivity index (χ0v) is 13.7. The fraction of sp³-hybridized carbons (Fsp3) is 0.667. The Morgan fingerprint density at radius 2 is 2.00 bits per heavy atom. The van der Waals surface area contributed by atoms with Crippen molar-refractivity contribution in [3.05, 3.63) is 12.7 Å². The molecule has 0 spiro atoms. The van der Waals surface area contributed by atoms with Crippen LogP contribution in [0, 0.1) is 0 Å². The zero-order valence-electron chi connectivity index (χ0n) is 13.7. The highest BCUT2D eigenvalue weighted by Gasteiger charge is 2.15. The van der Waals surface area contributed by atoms with Crippen LogP contribution < -0.4 is 10.6 Å². The van der Waals surface area contributed by atoms with Gasteiger partial charge in [-0.1, -0.05) is 6.58 Å². The molecule has 6 heteroatoms. The number of carbonyl (C=O) groups excluding carboxylic acids is 2. The molecule has 0 rings (SSSR count). The van der Waals surface area contributed by atoms with Crippen molar-refractivity contribution in [2.45, 2.75) is 52.2 Å². The van der Waals surface area contributed by atoms with Gasteiger partial charge >= 0.3 is 6.09 Å². The Kier molecular flexibility index (Phi) is 8.35. The molecule has 0 bridgehead atoms. The van der Waals surface area contributed by atoms with Crippen LogP contribution >= 0.6 is 0 Å². The zero-order chi connectivity index (χ0) is 16.5. The number of alkyl carbamates (subject to hydrolysis) is 1. The van der Waals surface area contributed by atoms with E-state index in [0.717, 1.165) is 12.8 Å². The van der Waals surface area contributed by atoms with Crippen LogP contribution in [0.3, 0.4) is 0 Å². The van der Waals surface area contributed by atoms with E-state index in [2.05, 4.69) is 22.2 Å². The van der Waals surface area contributed by atoms with E-state index in [1.165, 1.54) is 6.08 Å². The number of amides is 2. The minimum Gasteiger partial charge on any atom is -0.444 e. The highest BCUT2D eigenvalue weighted by atomic mass is 16.6. The molecule has 2 amide bonds. The molecule has 0 aliphatic rings. The molecule has 120 valence electrons. The SMILES string of the molecule is C=C/C(=N\C(C)CCCNC(=O)OC(C)(C)C)C(=O)NC. The van der Waals surface area contributed by atoms with Crippen molar-refractivity contribution in [3.8, 4) is 0 Å². The molecule has 0 aromatic heterocycles. The Bertz CT molecular complexity index is 397. The molecule has 0 radical (unpaired) electrons. The summed E-state index contributed by atoms with van der Waals surface area (Å²) < 4.78 is 5.13. The van der Waals surface area contributed by atoms with Crippen molar-refractivity contribution in [2.75, 3.05) is 13.6 Å². The summed E-state index contributed by atoms with van der Waals surface area (Å²) in [4.78, 5) is 27.2. The first-order valence-electron chi connectivity index (χ1n) is 7.08. The van der Waals surface area contributed by atoms with Gasteiger partial charge in [0.05, 0.1) is 0 Å². The van der Waals surface area contributed by atoms with Crippen LogP contribution in [0.1, 0.15) is 40.5 Å². The van der Waals surface area contributed by atoms with Gasteiger partial charge in [0.1, 0.15) is 11.3 Å². The number of aliphatic imine (C=N–C) groups is 1. The summed E-state index contributed by atoms with van der Waals surface area (Å²) in [6, 6.07) is -0.0178. The predicted molar refractivity (Wildman–Crippen MR) is 84.6 cm³/mol. The van der Waals surface area contributed by atoms with Crippen LogP contribution in [-0.2, 0) is 9.53 Å². The van der Waals surface area contributed by atoms with Crippen LogP contribution in [0.25, 0.3) is 0 Å². The average Bonchev–Trinajstić information content (AvgIpc) is 2.38. The van der Waals surface area contributed by atoms with Gasteiger partial charge in [-0.05, 0) is 46.6 Å². The lowest BCUT2D eigenvalue weighted by molar-refractivity contribution is -0.114. The lowest BCUT2D eigenvalue weighted by Crippen LogP contribution is -2.33. The van der Waals surface area contributed by atoms with Crippen molar-refractivity contribution in [2.24, 2.45) is 4.99 Å². The number of hydrogen-bond acceptors (Lipinski definition) is 4. The third kappa shape index (κ3) is 9.65. The van der Waals surface area contributed by atoms with Gasteiger partial charge in [-0.2, -0.15) is 0 Å². The second-order valence-electron chi connectivity index (χ2n) is 5.72. The van der Waals surface area contributed by atoms with Crippen molar-refractivity contribution in [1.82, 2.24) is 10.6 Å². The summed E-state index contributed by atoms with van der Waals surface area (Å²) in [6.45, 7) is 11.5. The fourth-order valence-electron chi connectivity index (χ4n) is 1.54. The molecule has 21 heavy (non-hydrogen) atoms. The summed E-state index contributed by atoms with van der Waals surface area (Å²) in [5.41, 5.74) is -0.168. The van der Waals surface area contributed by atoms with Gasteiger partial charge in [0, 0.05) is 19.6 Å². The summed E-state index contributed by atoms with van der Waals surface area (Å²) >= 11 is 0. The third-order valence-electron chi connectivity index (χ3n) is 2.48. The number of nitrogens with zero attached hydrogens (tertiary/aromatic N) is 1. The van der Waals surface area contributed by atoms with Gasteiger partial charge in [-0.15, -0.1) is 0 Å². The predicted octanol–water partition coefficient (Wildman–Crippen LogP) is 2.05. The van der Waals surface area contributed by atoms with E-state index in [1.807, 2.05) is 27.7 Å². The van der Waals surface area contributed by atoms with Gasteiger partial charge < -0.3 is 15.4 Å². The maximum atomic E-state index is 11.4. The van der Waals surface area contributed by atoms with Crippen LogP contribution in [0.15, 0.2) is 17.6 Å². The highest BCUT2D eigenvalue weighted by molar-refractivity contribution is 6.43. The summed E-state index contributed by atoms with van der Waals surface area (Å²) in [6.07, 6.45) is 2.52. The maximum Gasteiger partial charge on any atom is 0.407 e. The lowest BCUT2D eigenvalue weighted by Gasteiger charge is -2.19. The number of rotatable bonds is 7. The van der Waals surface area contributed by atoms with Gasteiger partial charge in [0.25, 0.3) is 5.91 Å². The first kappa shape index (κ1) is 19.1. The molecule has 1 unspecified atom stereocenters. The van der Waals surface area contributed by atoms with Crippen molar-refractivity contribution in [1.29, 1.82) is 0 Å². The smallest absolute Gasteiger partial charge is 0.407 e. The number of carbonyl (C=O) groups is 2. The van der Waals surface area contributed by atoms with E-state index in [-0.39, 0.29) is 11.9 Å². The second kappa shape index (κ2) is 9.15. The van der Waals surface area contributed by atoms with Crippen LogP contribution in [0.2, 0.25) is 0 Å². The third-order valence-corrected chi connectivity index (χ3v) is 2.48. The van der Waals surface area contributed by atoms with Crippen molar-refractivity contribution >= 4 is 17.7 Å². The minimum atomic E-state index is -0.492. The highest BCUT2D eigenvalue weighted by Crippen LogP contribution is 2.07. The summed E-state index contributed by atoms with van der Waals surface area (Å²) in [7, 11) is 1.55. The molecule has 0 fully saturated rings. The molecule has 0 aliphatic heterocycles. The summed E-state index contributed by atoms with van der Waals surface area (Å²) in [5.74, 6) is -0.247. The molecular weight excluding hydrogens is 270 g/mol. The standard InChI is InChI=1S/C15H27N3O3/c1-7-12(13(19)16-6)18-11(2)9-8-10-17-14(20)21-15(3,4)5/h7,11H,1,8-10H2,2-6H3,(H,16,19)(H,17,20)/b18-12+. The van der Waals surface area contributed by atoms with E-state index < -0.39 is 11.7 Å². The number of hydrogen-bond donors (Lipinski definition) is 2. The summed E-state index contributed by atoms with van der Waals surface area (Å²) in [5, 5.41) is 5.20. The monoisotopic (exact) mass is 297 g/mol. The van der Waals surface area contributed by atoms with Crippen LogP contribution in [0.4, 0.5) is 4.79 Å². The lowest BCUT2D eigenvalue weighted by atomic mass is 10.2. The molecule has 0 aliphatic carbocycles. The Morgan fingerprint density at radius 3 is 2.48 bits per heavy atom. The topological polar surface area (TPSA) is 79.8 Å². The first-order valence-corrected chi connectivity index (χ1v) is 7.08. The quantitative estimate of drug-likeness (QED) is 0.557. The first-order chi connectivity index (χ1) is 9.69. The number of ether oxygens (including phenoxy) is 1. The fourth-order valence-corrected chi connectivity index (χ4v) is 1.54. The van der Waals surface area contributed by atoms with Crippen LogP contribution in [0.5, 0.6) is 0 Å². The van der Waals surface area contributed by atoms with E-state index in [1.54, 1.807) is 7.05 Å². The van der Waals surface area contributed by atoms with E-state index in [4.69, 9.17) is 4.74 Å². The average molecular weight is 297 g/mol. The van der Waals surface area contributed by atoms with Crippen LogP contribution in [-0.4, -0.2) is 42.9 Å². The molecule has 1 atom stereocenters. The Hall–Kier alpha value is -1.85. The van der Waals surface area contributed by atoms with E-state index in [9.17, 15) is 9.59 Å². The number of nitrogens with one attached hydrogen (secondary N) is 2. The van der Waals surface area contributed by atoms with Gasteiger partial charge in [0.2, 0.25) is 0 Å². The molecule has 6 nitrogen and oxygen atoms in total. The van der Waals surface area contributed by atoms with Gasteiger partial charge in [-0.25, -0.2) is 4.79 Å². The van der Waals surface area contributed by atoms with Gasteiger partial charge in [-0.3, -0.25) is 9.79 Å². The normalized spacial score (nSPS) is 13.3. The van der Waals surface area contributed by atoms with E-state index in [0.29, 0.717) is 12.3 Å². The molecule has 0 heterocycles. The maximum absolute atomic E-state index is 11.4. The molecule has 0 aromatic rings. The second-order valence-corrected chi connectivity index (χ2v) is 5.72. The Morgan fingerprint density at radius 1 is 1.38 bits per heavy atom. The minimum absolute atomic E-state index is 0.0178. The molecule has 0 saturated carbocycles. The molecule has 0 aromatic carbocycles. The van der Waals surface area contributed by atoms with Crippen molar-refractivity contribution in [3.63, 3.8) is 0 Å². The Labute approximate surface area is 127 Å². The molecule has 0 saturated heterocycles. The van der Waals surface area contributed by atoms with Crippen molar-refractivity contribution < 1.29 is 14.3 Å². The Balaban J connectivity index is 4.07. The van der Waals surface area contributed by atoms with Gasteiger partial charge in [0.15, 0.2) is 0 Å². The molecule has 2 N–H and O–H groups in total. The molecular formula is C15H27N3O3. The van der Waals surface area contributed by atoms with E-state index >= 15 is 0 Å². The largest absolute Gasteiger partial charge is 0.444 e.